The van der Waals surface area contributed by atoms with Crippen molar-refractivity contribution >= 4 is 0 Å². The Morgan fingerprint density at radius 2 is 2.00 bits per heavy atom. The molecule has 0 bridgehead atoms. The Balaban J connectivity index is 1.49. The third-order valence-electron chi connectivity index (χ3n) is 4.71. The van der Waals surface area contributed by atoms with Gasteiger partial charge in [-0.05, 0) is 12.8 Å². The first-order valence-corrected chi connectivity index (χ1v) is 7.98. The van der Waals surface area contributed by atoms with E-state index in [-0.39, 0.29) is 6.04 Å². The molecule has 2 aromatic heterocycles. The summed E-state index contributed by atoms with van der Waals surface area (Å²) in [6.07, 6.45) is 10.2. The van der Waals surface area contributed by atoms with Crippen LogP contribution in [-0.4, -0.2) is 20.1 Å². The summed E-state index contributed by atoms with van der Waals surface area (Å²) in [6.45, 7) is 0.779. The molecule has 112 valence electrons. The molecular formula is C15H21N5O. The molecule has 1 atom stereocenters. The van der Waals surface area contributed by atoms with Gasteiger partial charge < -0.3 is 9.51 Å². The van der Waals surface area contributed by atoms with Gasteiger partial charge >= 0.3 is 0 Å². The van der Waals surface area contributed by atoms with Crippen molar-refractivity contribution in [1.29, 1.82) is 0 Å². The molecule has 1 aliphatic heterocycles. The highest BCUT2D eigenvalue weighted by Crippen LogP contribution is 2.31. The van der Waals surface area contributed by atoms with Crippen molar-refractivity contribution in [3.05, 3.63) is 29.4 Å². The minimum absolute atomic E-state index is 0.0906. The van der Waals surface area contributed by atoms with Crippen LogP contribution in [0.5, 0.6) is 0 Å². The van der Waals surface area contributed by atoms with Crippen LogP contribution in [0.4, 0.5) is 0 Å². The number of hydrogen-bond donors (Lipinski definition) is 2. The van der Waals surface area contributed by atoms with E-state index < -0.39 is 0 Å². The number of aromatic amines is 1. The fraction of sp³-hybridized carbons (Fsp3) is 0.667. The van der Waals surface area contributed by atoms with Crippen LogP contribution in [0.25, 0.3) is 0 Å². The van der Waals surface area contributed by atoms with Crippen LogP contribution in [0.15, 0.2) is 10.9 Å². The second-order valence-electron chi connectivity index (χ2n) is 6.14. The highest BCUT2D eigenvalue weighted by molar-refractivity contribution is 5.17. The zero-order chi connectivity index (χ0) is 14.1. The molecule has 0 radical (unpaired) electrons. The highest BCUT2D eigenvalue weighted by Gasteiger charge is 2.27. The van der Waals surface area contributed by atoms with Gasteiger partial charge in [0.15, 0.2) is 5.82 Å². The van der Waals surface area contributed by atoms with E-state index in [0.717, 1.165) is 30.2 Å². The number of hydrogen-bond acceptors (Lipinski definition) is 5. The van der Waals surface area contributed by atoms with E-state index in [1.54, 1.807) is 6.33 Å². The van der Waals surface area contributed by atoms with Gasteiger partial charge in [0, 0.05) is 18.9 Å². The van der Waals surface area contributed by atoms with Crippen molar-refractivity contribution in [1.82, 2.24) is 25.4 Å². The summed E-state index contributed by atoms with van der Waals surface area (Å²) in [5, 5.41) is 7.68. The molecule has 3 heterocycles. The summed E-state index contributed by atoms with van der Waals surface area (Å²) in [4.78, 5) is 12.2. The largest absolute Gasteiger partial charge is 0.347 e. The van der Waals surface area contributed by atoms with Gasteiger partial charge in [-0.15, -0.1) is 0 Å². The number of rotatable bonds is 2. The summed E-state index contributed by atoms with van der Waals surface area (Å²) in [5.41, 5.74) is 2.27. The Labute approximate surface area is 123 Å². The predicted molar refractivity (Wildman–Crippen MR) is 76.6 cm³/mol. The average molecular weight is 287 g/mol. The third-order valence-corrected chi connectivity index (χ3v) is 4.71. The fourth-order valence-corrected chi connectivity index (χ4v) is 3.44. The van der Waals surface area contributed by atoms with Crippen molar-refractivity contribution in [3.63, 3.8) is 0 Å². The number of imidazole rings is 1. The molecular weight excluding hydrogens is 266 g/mol. The van der Waals surface area contributed by atoms with E-state index in [2.05, 4.69) is 25.4 Å². The topological polar surface area (TPSA) is 79.6 Å². The van der Waals surface area contributed by atoms with Crippen molar-refractivity contribution in [3.8, 4) is 0 Å². The smallest absolute Gasteiger partial charge is 0.244 e. The molecule has 1 fully saturated rings. The van der Waals surface area contributed by atoms with E-state index in [1.165, 1.54) is 38.5 Å². The zero-order valence-corrected chi connectivity index (χ0v) is 12.1. The van der Waals surface area contributed by atoms with Gasteiger partial charge in [-0.3, -0.25) is 5.32 Å². The maximum absolute atomic E-state index is 5.53. The monoisotopic (exact) mass is 287 g/mol. The van der Waals surface area contributed by atoms with Gasteiger partial charge in [0.1, 0.15) is 0 Å². The van der Waals surface area contributed by atoms with Crippen LogP contribution >= 0.6 is 0 Å². The molecule has 2 aromatic rings. The number of H-pyrrole nitrogens is 1. The number of aromatic nitrogens is 4. The number of fused-ring (bicyclic) bond motifs is 1. The van der Waals surface area contributed by atoms with E-state index in [4.69, 9.17) is 4.52 Å². The maximum Gasteiger partial charge on any atom is 0.244 e. The molecule has 2 aliphatic rings. The quantitative estimate of drug-likeness (QED) is 0.830. The molecule has 0 amide bonds. The van der Waals surface area contributed by atoms with Gasteiger partial charge in [-0.2, -0.15) is 4.98 Å². The maximum atomic E-state index is 5.53. The van der Waals surface area contributed by atoms with Crippen LogP contribution in [0.1, 0.15) is 73.6 Å². The molecule has 0 spiro atoms. The van der Waals surface area contributed by atoms with Gasteiger partial charge in [0.25, 0.3) is 0 Å². The molecule has 0 aromatic carbocycles. The summed E-state index contributed by atoms with van der Waals surface area (Å²) < 4.78 is 5.53. The van der Waals surface area contributed by atoms with Crippen molar-refractivity contribution < 1.29 is 4.52 Å². The van der Waals surface area contributed by atoms with Crippen molar-refractivity contribution in [2.24, 2.45) is 0 Å². The number of nitrogens with zero attached hydrogens (tertiary/aromatic N) is 3. The minimum atomic E-state index is 0.0906. The highest BCUT2D eigenvalue weighted by atomic mass is 16.5. The standard InChI is InChI=1S/C15H21N5O/c1-2-4-6-10(5-3-1)14-19-15(21-20-14)12-7-11-13(8-16-12)18-9-17-11/h9-10,12,16H,1-8H2,(H,17,18). The first-order valence-electron chi connectivity index (χ1n) is 7.98. The molecule has 6 heteroatoms. The SMILES string of the molecule is c1nc2c([nH]1)CNC(c1nc(C3CCCCCC3)no1)C2. The summed E-state index contributed by atoms with van der Waals surface area (Å²) >= 11 is 0. The average Bonchev–Trinajstić information content (AvgIpc) is 3.10. The molecule has 4 rings (SSSR count). The Morgan fingerprint density at radius 3 is 2.86 bits per heavy atom. The molecule has 1 saturated carbocycles. The fourth-order valence-electron chi connectivity index (χ4n) is 3.44. The molecule has 6 nitrogen and oxygen atoms in total. The zero-order valence-electron chi connectivity index (χ0n) is 12.1. The Kier molecular flexibility index (Phi) is 3.47. The van der Waals surface area contributed by atoms with Crippen LogP contribution < -0.4 is 5.32 Å². The summed E-state index contributed by atoms with van der Waals surface area (Å²) in [7, 11) is 0. The third kappa shape index (κ3) is 2.60. The van der Waals surface area contributed by atoms with Crippen LogP contribution in [0.2, 0.25) is 0 Å². The van der Waals surface area contributed by atoms with E-state index >= 15 is 0 Å². The molecule has 2 N–H and O–H groups in total. The Morgan fingerprint density at radius 1 is 1.14 bits per heavy atom. The van der Waals surface area contributed by atoms with Crippen LogP contribution in [0.3, 0.4) is 0 Å². The van der Waals surface area contributed by atoms with Gasteiger partial charge in [0.05, 0.1) is 23.8 Å². The lowest BCUT2D eigenvalue weighted by Crippen LogP contribution is -2.28. The Bertz CT molecular complexity index is 597. The van der Waals surface area contributed by atoms with Gasteiger partial charge in [0.2, 0.25) is 5.89 Å². The van der Waals surface area contributed by atoms with E-state index in [9.17, 15) is 0 Å². The lowest BCUT2D eigenvalue weighted by molar-refractivity contribution is 0.315. The second kappa shape index (κ2) is 5.60. The van der Waals surface area contributed by atoms with Crippen LogP contribution in [0, 0.1) is 0 Å². The first-order chi connectivity index (χ1) is 10.4. The Hall–Kier alpha value is -1.69. The lowest BCUT2D eigenvalue weighted by atomic mass is 10.00. The second-order valence-corrected chi connectivity index (χ2v) is 6.14. The summed E-state index contributed by atoms with van der Waals surface area (Å²) in [6, 6.07) is 0.0906. The molecule has 21 heavy (non-hydrogen) atoms. The predicted octanol–water partition coefficient (Wildman–Crippen LogP) is 2.62. The van der Waals surface area contributed by atoms with Crippen molar-refractivity contribution in [2.75, 3.05) is 0 Å². The van der Waals surface area contributed by atoms with Gasteiger partial charge in [-0.25, -0.2) is 4.98 Å². The van der Waals surface area contributed by atoms with Crippen LogP contribution in [-0.2, 0) is 13.0 Å². The minimum Gasteiger partial charge on any atom is -0.347 e. The van der Waals surface area contributed by atoms with Gasteiger partial charge in [-0.1, -0.05) is 30.8 Å². The van der Waals surface area contributed by atoms with E-state index in [0.29, 0.717) is 11.8 Å². The summed E-state index contributed by atoms with van der Waals surface area (Å²) in [5.74, 6) is 2.10. The molecule has 1 aliphatic carbocycles. The lowest BCUT2D eigenvalue weighted by Gasteiger charge is -2.19. The van der Waals surface area contributed by atoms with Crippen molar-refractivity contribution in [2.45, 2.75) is 63.5 Å². The molecule has 0 saturated heterocycles. The normalized spacial score (nSPS) is 23.7. The number of nitrogens with one attached hydrogen (secondary N) is 2. The van der Waals surface area contributed by atoms with E-state index in [1.807, 2.05) is 0 Å². The first kappa shape index (κ1) is 13.0. The molecule has 1 unspecified atom stereocenters.